The summed E-state index contributed by atoms with van der Waals surface area (Å²) in [4.78, 5) is 126. The molecule has 0 radical (unpaired) electrons. The van der Waals surface area contributed by atoms with Crippen molar-refractivity contribution < 1.29 is 250 Å². The number of nitro groups is 2. The molecule has 0 bridgehead atoms. The van der Waals surface area contributed by atoms with Gasteiger partial charge in [-0.3, -0.25) is 63.5 Å². The third-order valence-corrected chi connectivity index (χ3v) is 16.6. The van der Waals surface area contributed by atoms with Crippen LogP contribution in [0.5, 0.6) is 23.0 Å². The zero-order valence-corrected chi connectivity index (χ0v) is 61.8. The van der Waals surface area contributed by atoms with E-state index in [9.17, 15) is 222 Å². The molecule has 6 amide bonds. The number of aliphatic hydroxyl groups excluding tert-OH is 1. The minimum absolute atomic E-state index is 0.0346. The van der Waals surface area contributed by atoms with Crippen molar-refractivity contribution in [2.75, 3.05) is 26.4 Å². The molecule has 0 spiro atoms. The van der Waals surface area contributed by atoms with Crippen molar-refractivity contribution in [1.82, 2.24) is 15.2 Å². The van der Waals surface area contributed by atoms with E-state index in [2.05, 4.69) is 14.5 Å². The number of rotatable bonds is 38. The topological polar surface area (TPSA) is 327 Å². The summed E-state index contributed by atoms with van der Waals surface area (Å²) in [5.41, 5.74) is -3.72. The van der Waals surface area contributed by atoms with Crippen molar-refractivity contribution >= 4 is 59.1 Å². The summed E-state index contributed by atoms with van der Waals surface area (Å²) in [6, 6.07) is 1.57. The van der Waals surface area contributed by atoms with Gasteiger partial charge in [0, 0.05) is 64.2 Å². The molecule has 3 fully saturated rings. The van der Waals surface area contributed by atoms with Crippen molar-refractivity contribution in [3.05, 3.63) is 55.6 Å². The van der Waals surface area contributed by atoms with Crippen LogP contribution in [0.15, 0.2) is 24.3 Å². The zero-order valence-electron chi connectivity index (χ0n) is 61.8. The van der Waals surface area contributed by atoms with E-state index in [0.717, 1.165) is 0 Å². The van der Waals surface area contributed by atoms with E-state index < -0.39 is 314 Å². The number of hydrogen-bond acceptors (Lipinski definition) is 21. The number of aliphatic hydroxyl groups is 1. The number of ether oxygens (including phenoxy) is 5. The van der Waals surface area contributed by atoms with Crippen molar-refractivity contribution in [1.29, 1.82) is 0 Å². The molecule has 5 rings (SSSR count). The van der Waals surface area contributed by atoms with Crippen LogP contribution in [0.25, 0.3) is 0 Å². The van der Waals surface area contributed by atoms with E-state index in [1.54, 1.807) is 0 Å². The molecule has 124 heavy (non-hydrogen) atoms. The third-order valence-electron chi connectivity index (χ3n) is 16.6. The fourth-order valence-electron chi connectivity index (χ4n) is 9.78. The monoisotopic (exact) mass is 1890 g/mol. The standard InChI is InChI=1S/C29H26F18N2O9.C24H23F18NO5.C9H8N2O7/c1-13(2)20(57-21(52)58-48-18(50)5-6-19(48)51)14-11-16(55-9-3-7-22(30,31)24(34,35)26(38,39)28(42,43)44)17(12-15(14)49(53)54)56-10-4-8-23(32,33)25(36,37)27(40,41)29(45,46)47;1-11(2)16(44)12-9-14(47-7-3-5-17(25,26)19(29,30)21(33,34)23(37,38)39)15(10-13(12)43(45)46)48-8-4-6-18(27,28)20(31,32)22(35,36)24(40,41)42;12-5-1-2-6(13)10(5)17-9(16)18-11-7(14)3-4-8(11)15/h11-13,20H,3-10H2,1-2H3;9-11,16,44H,3-8H2,1-2H3;1-4H2. The van der Waals surface area contributed by atoms with Crippen LogP contribution in [-0.2, 0) is 48.0 Å². The fraction of sp³-hybridized carbons (Fsp3) is 0.677. The van der Waals surface area contributed by atoms with E-state index in [-0.39, 0.29) is 46.9 Å². The normalized spacial score (nSPS) is 16.1. The zero-order chi connectivity index (χ0) is 96.6. The van der Waals surface area contributed by atoms with Crippen molar-refractivity contribution in [3.63, 3.8) is 0 Å². The molecule has 0 aliphatic carbocycles. The molecule has 1 N–H and O–H groups in total. The molecule has 3 aliphatic rings. The summed E-state index contributed by atoms with van der Waals surface area (Å²) in [6.45, 7) is -0.520. The Morgan fingerprint density at radius 1 is 0.347 bits per heavy atom. The first-order valence-corrected chi connectivity index (χ1v) is 33.7. The molecule has 3 aliphatic heterocycles. The van der Waals surface area contributed by atoms with Gasteiger partial charge in [-0.2, -0.15) is 163 Å². The summed E-state index contributed by atoms with van der Waals surface area (Å²) in [7, 11) is 0. The molecule has 2 unspecified atom stereocenters. The van der Waals surface area contributed by atoms with Crippen molar-refractivity contribution in [2.24, 2.45) is 11.8 Å². The SMILES string of the molecule is CC(C)C(O)c1cc(OCCCC(F)(F)C(F)(F)C(F)(F)C(F)(F)F)c(OCCCC(F)(F)C(F)(F)C(F)(F)C(F)(F)F)cc1[N+](=O)[O-].CC(C)C(OC(=O)ON1C(=O)CCC1=O)c1cc(OCCCC(F)(F)C(F)(F)C(F)(F)C(F)(F)F)c(OCCCC(F)(F)C(F)(F)C(F)(F)C(F)(F)F)cc1[N+](=O)[O-].O=C(ON1C(=O)CCC1=O)ON1C(=O)CCC1=O. The first-order valence-electron chi connectivity index (χ1n) is 33.7. The van der Waals surface area contributed by atoms with Gasteiger partial charge < -0.3 is 28.8 Å². The lowest BCUT2D eigenvalue weighted by atomic mass is 9.96. The first-order chi connectivity index (χ1) is 55.7. The Morgan fingerprint density at radius 3 is 0.766 bits per heavy atom. The lowest BCUT2D eigenvalue weighted by Crippen LogP contribution is -2.60. The van der Waals surface area contributed by atoms with Gasteiger partial charge in [-0.05, 0) is 49.7 Å². The van der Waals surface area contributed by atoms with E-state index in [1.807, 2.05) is 0 Å². The lowest BCUT2D eigenvalue weighted by Gasteiger charge is -2.33. The number of nitrogens with zero attached hydrogens (tertiary/aromatic N) is 5. The number of hydroxylamine groups is 6. The number of amides is 6. The fourth-order valence-corrected chi connectivity index (χ4v) is 9.78. The Bertz CT molecular complexity index is 4090. The quantitative estimate of drug-likeness (QED) is 0.0163. The maximum Gasteiger partial charge on any atom is 0.560 e. The van der Waals surface area contributed by atoms with E-state index in [0.29, 0.717) is 18.2 Å². The van der Waals surface area contributed by atoms with E-state index in [4.69, 9.17) is 23.7 Å². The molecule has 26 nitrogen and oxygen atoms in total. The average Bonchev–Trinajstić information content (AvgIpc) is 1.38. The molecule has 3 saturated heterocycles. The summed E-state index contributed by atoms with van der Waals surface area (Å²) in [5, 5.41) is 34.4. The van der Waals surface area contributed by atoms with Gasteiger partial charge in [-0.15, -0.1) is 0 Å². The van der Waals surface area contributed by atoms with E-state index in [1.165, 1.54) is 27.7 Å². The van der Waals surface area contributed by atoms with Crippen LogP contribution in [0.4, 0.5) is 179 Å². The van der Waals surface area contributed by atoms with E-state index >= 15 is 0 Å². The average molecular weight is 1890 g/mol. The Balaban J connectivity index is 0.000000537. The summed E-state index contributed by atoms with van der Waals surface area (Å²) in [5.74, 6) is -92.2. The van der Waals surface area contributed by atoms with Crippen LogP contribution < -0.4 is 18.9 Å². The summed E-state index contributed by atoms with van der Waals surface area (Å²) in [6.07, 6.45) is -52.5. The molecule has 2 atom stereocenters. The summed E-state index contributed by atoms with van der Waals surface area (Å²) >= 11 is 0. The number of carbonyl (C=O) groups excluding carboxylic acids is 8. The third kappa shape index (κ3) is 23.7. The highest BCUT2D eigenvalue weighted by Crippen LogP contribution is 2.59. The number of halogens is 36. The van der Waals surface area contributed by atoms with Crippen LogP contribution in [0.3, 0.4) is 0 Å². The molecule has 2 aromatic rings. The highest BCUT2D eigenvalue weighted by molar-refractivity contribution is 6.03. The number of benzene rings is 2. The Morgan fingerprint density at radius 2 is 0.556 bits per heavy atom. The van der Waals surface area contributed by atoms with Gasteiger partial charge in [0.2, 0.25) is 0 Å². The number of imide groups is 3. The van der Waals surface area contributed by atoms with Crippen LogP contribution in [0, 0.1) is 32.1 Å². The van der Waals surface area contributed by atoms with Gasteiger partial charge in [-0.25, -0.2) is 4.79 Å². The molecule has 2 aromatic carbocycles. The highest BCUT2D eigenvalue weighted by atomic mass is 19.5. The second-order valence-corrected chi connectivity index (χ2v) is 26.4. The first kappa shape index (κ1) is 108. The Labute approximate surface area is 665 Å². The molecule has 0 saturated carbocycles. The molecule has 3 heterocycles. The number of alkyl halides is 36. The predicted molar refractivity (Wildman–Crippen MR) is 324 cm³/mol. The number of carbonyl (C=O) groups is 8. The van der Waals surface area contributed by atoms with Crippen LogP contribution >= 0.6 is 0 Å². The molecular weight excluding hydrogens is 1830 g/mol. The smallest absolute Gasteiger partial charge is 0.490 e. The van der Waals surface area contributed by atoms with Crippen LogP contribution in [0.2, 0.25) is 0 Å². The predicted octanol–water partition coefficient (Wildman–Crippen LogP) is 18.6. The van der Waals surface area contributed by atoms with Gasteiger partial charge >= 0.3 is 108 Å². The van der Waals surface area contributed by atoms with Crippen molar-refractivity contribution in [3.8, 4) is 23.0 Å². The maximum absolute atomic E-state index is 14.1. The van der Waals surface area contributed by atoms with Gasteiger partial charge in [0.15, 0.2) is 23.0 Å². The Kier molecular flexibility index (Phi) is 33.8. The van der Waals surface area contributed by atoms with Crippen molar-refractivity contribution in [2.45, 2.75) is 226 Å². The second-order valence-electron chi connectivity index (χ2n) is 26.4. The molecule has 708 valence electrons. The van der Waals surface area contributed by atoms with Crippen LogP contribution in [-0.4, -0.2) is 200 Å². The number of hydrogen-bond donors (Lipinski definition) is 1. The number of nitro benzene ring substituents is 2. The molecular formula is C62H57F36N5O21. The van der Waals surface area contributed by atoms with Gasteiger partial charge in [-0.1, -0.05) is 42.9 Å². The maximum atomic E-state index is 14.1. The highest BCUT2D eigenvalue weighted by Gasteiger charge is 2.85. The summed E-state index contributed by atoms with van der Waals surface area (Å²) < 4.78 is 498. The van der Waals surface area contributed by atoms with Gasteiger partial charge in [0.25, 0.3) is 46.8 Å². The largest absolute Gasteiger partial charge is 0.560 e. The minimum atomic E-state index is -7.27. The minimum Gasteiger partial charge on any atom is -0.490 e. The Hall–Kier alpha value is -10.2. The molecule has 62 heteroatoms. The lowest BCUT2D eigenvalue weighted by molar-refractivity contribution is -0.396. The second kappa shape index (κ2) is 38.8. The molecule has 0 aromatic heterocycles. The van der Waals surface area contributed by atoms with Gasteiger partial charge in [0.1, 0.15) is 6.10 Å². The van der Waals surface area contributed by atoms with Crippen LogP contribution in [0.1, 0.15) is 141 Å². The van der Waals surface area contributed by atoms with Gasteiger partial charge in [0.05, 0.1) is 65.6 Å².